The lowest BCUT2D eigenvalue weighted by Gasteiger charge is -2.25. The van der Waals surface area contributed by atoms with Gasteiger partial charge in [0.15, 0.2) is 5.96 Å². The predicted molar refractivity (Wildman–Crippen MR) is 113 cm³/mol. The van der Waals surface area contributed by atoms with Gasteiger partial charge < -0.3 is 10.2 Å². The molecule has 0 amide bonds. The van der Waals surface area contributed by atoms with Gasteiger partial charge in [0.2, 0.25) is 0 Å². The average Bonchev–Trinajstić information content (AvgIpc) is 3.23. The van der Waals surface area contributed by atoms with Crippen LogP contribution in [0.3, 0.4) is 0 Å². The summed E-state index contributed by atoms with van der Waals surface area (Å²) in [6, 6.07) is 10.5. The summed E-state index contributed by atoms with van der Waals surface area (Å²) in [5.74, 6) is 1.31. The highest BCUT2D eigenvalue weighted by molar-refractivity contribution is 14.0. The number of guanidine groups is 1. The van der Waals surface area contributed by atoms with Crippen molar-refractivity contribution in [1.82, 2.24) is 15.1 Å². The van der Waals surface area contributed by atoms with Crippen LogP contribution in [0, 0.1) is 0 Å². The fraction of sp³-hybridized carbons (Fsp3) is 0.632. The van der Waals surface area contributed by atoms with Crippen LogP contribution in [0.4, 0.5) is 13.2 Å². The second kappa shape index (κ2) is 9.95. The van der Waals surface area contributed by atoms with Crippen LogP contribution in [0.2, 0.25) is 0 Å². The van der Waals surface area contributed by atoms with Gasteiger partial charge in [-0.1, -0.05) is 30.3 Å². The van der Waals surface area contributed by atoms with Crippen LogP contribution < -0.4 is 5.32 Å². The maximum Gasteiger partial charge on any atom is 0.401 e. The van der Waals surface area contributed by atoms with Gasteiger partial charge in [-0.05, 0) is 25.3 Å². The number of benzene rings is 1. The van der Waals surface area contributed by atoms with E-state index >= 15 is 0 Å². The summed E-state index contributed by atoms with van der Waals surface area (Å²) in [6.07, 6.45) is -2.35. The number of nitrogens with zero attached hydrogens (tertiary/aromatic N) is 3. The van der Waals surface area contributed by atoms with Crippen LogP contribution >= 0.6 is 24.0 Å². The van der Waals surface area contributed by atoms with Crippen molar-refractivity contribution in [1.29, 1.82) is 0 Å². The van der Waals surface area contributed by atoms with Crippen molar-refractivity contribution in [3.05, 3.63) is 35.9 Å². The molecule has 8 heteroatoms. The van der Waals surface area contributed by atoms with Crippen molar-refractivity contribution in [2.45, 2.75) is 37.9 Å². The molecule has 1 aromatic carbocycles. The van der Waals surface area contributed by atoms with Gasteiger partial charge in [-0.3, -0.25) is 9.89 Å². The quantitative estimate of drug-likeness (QED) is 0.392. The fourth-order valence-corrected chi connectivity index (χ4v) is 3.87. The molecule has 1 aromatic rings. The predicted octanol–water partition coefficient (Wildman–Crippen LogP) is 3.70. The molecular weight excluding hydrogens is 468 g/mol. The SMILES string of the molecule is CCN=C(NC1CCN(CC(F)(F)F)C1)N1CCC(c2ccccc2)C1.I. The van der Waals surface area contributed by atoms with Crippen molar-refractivity contribution in [3.8, 4) is 0 Å². The number of rotatable bonds is 4. The van der Waals surface area contributed by atoms with Crippen LogP contribution in [0.5, 0.6) is 0 Å². The maximum atomic E-state index is 12.6. The minimum atomic E-state index is -4.13. The number of alkyl halides is 3. The number of hydrogen-bond donors (Lipinski definition) is 1. The molecule has 0 bridgehead atoms. The normalized spacial score (nSPS) is 24.1. The van der Waals surface area contributed by atoms with E-state index < -0.39 is 12.7 Å². The van der Waals surface area contributed by atoms with Gasteiger partial charge in [0.25, 0.3) is 0 Å². The van der Waals surface area contributed by atoms with Crippen LogP contribution in [0.25, 0.3) is 0 Å². The van der Waals surface area contributed by atoms with Crippen LogP contribution in [0.1, 0.15) is 31.2 Å². The first-order valence-electron chi connectivity index (χ1n) is 9.34. The van der Waals surface area contributed by atoms with E-state index in [0.29, 0.717) is 25.6 Å². The molecule has 2 aliphatic heterocycles. The van der Waals surface area contributed by atoms with Crippen LogP contribution in [-0.2, 0) is 0 Å². The number of aliphatic imine (C=N–C) groups is 1. The first-order valence-corrected chi connectivity index (χ1v) is 9.34. The highest BCUT2D eigenvalue weighted by Crippen LogP contribution is 2.27. The van der Waals surface area contributed by atoms with Gasteiger partial charge in [0, 0.05) is 44.7 Å². The van der Waals surface area contributed by atoms with Crippen LogP contribution in [-0.4, -0.2) is 67.2 Å². The summed E-state index contributed by atoms with van der Waals surface area (Å²) in [7, 11) is 0. The van der Waals surface area contributed by atoms with Crippen molar-refractivity contribution >= 4 is 29.9 Å². The zero-order valence-electron chi connectivity index (χ0n) is 15.6. The van der Waals surface area contributed by atoms with Gasteiger partial charge in [0.05, 0.1) is 6.54 Å². The molecule has 1 N–H and O–H groups in total. The number of hydrogen-bond acceptors (Lipinski definition) is 2. The zero-order chi connectivity index (χ0) is 18.6. The number of likely N-dealkylation sites (tertiary alicyclic amines) is 2. The van der Waals surface area contributed by atoms with E-state index in [1.807, 2.05) is 13.0 Å². The van der Waals surface area contributed by atoms with Gasteiger partial charge in [-0.15, -0.1) is 24.0 Å². The largest absolute Gasteiger partial charge is 0.401 e. The number of halogens is 4. The lowest BCUT2D eigenvalue weighted by molar-refractivity contribution is -0.143. The van der Waals surface area contributed by atoms with E-state index in [4.69, 9.17) is 0 Å². The van der Waals surface area contributed by atoms with Gasteiger partial charge in [0.1, 0.15) is 0 Å². The maximum absolute atomic E-state index is 12.6. The Bertz CT molecular complexity index is 609. The van der Waals surface area contributed by atoms with Crippen molar-refractivity contribution in [2.75, 3.05) is 39.3 Å². The Morgan fingerprint density at radius 3 is 2.56 bits per heavy atom. The van der Waals surface area contributed by atoms with Gasteiger partial charge in [-0.2, -0.15) is 13.2 Å². The molecular formula is C19H28F3IN4. The molecule has 0 spiro atoms. The van der Waals surface area contributed by atoms with Gasteiger partial charge in [-0.25, -0.2) is 0 Å². The summed E-state index contributed by atoms with van der Waals surface area (Å²) in [6.45, 7) is 4.52. The molecule has 0 radical (unpaired) electrons. The van der Waals surface area contributed by atoms with E-state index in [1.165, 1.54) is 10.5 Å². The Morgan fingerprint density at radius 1 is 1.15 bits per heavy atom. The third-order valence-electron chi connectivity index (χ3n) is 5.08. The smallest absolute Gasteiger partial charge is 0.352 e. The molecule has 3 rings (SSSR count). The van der Waals surface area contributed by atoms with E-state index in [2.05, 4.69) is 39.5 Å². The summed E-state index contributed by atoms with van der Waals surface area (Å²) < 4.78 is 37.7. The molecule has 2 unspecified atom stereocenters. The summed E-state index contributed by atoms with van der Waals surface area (Å²) in [5, 5.41) is 3.41. The van der Waals surface area contributed by atoms with E-state index in [-0.39, 0.29) is 30.0 Å². The summed E-state index contributed by atoms with van der Waals surface area (Å²) in [5.41, 5.74) is 1.34. The highest BCUT2D eigenvalue weighted by Gasteiger charge is 2.35. The first kappa shape index (κ1) is 22.3. The average molecular weight is 496 g/mol. The van der Waals surface area contributed by atoms with Crippen LogP contribution in [0.15, 0.2) is 35.3 Å². The topological polar surface area (TPSA) is 30.9 Å². The Kier molecular flexibility index (Phi) is 8.20. The summed E-state index contributed by atoms with van der Waals surface area (Å²) in [4.78, 5) is 8.30. The Hall–Kier alpha value is -1.03. The molecule has 2 atom stereocenters. The van der Waals surface area contributed by atoms with Crippen molar-refractivity contribution in [3.63, 3.8) is 0 Å². The van der Waals surface area contributed by atoms with E-state index in [1.54, 1.807) is 0 Å². The lowest BCUT2D eigenvalue weighted by Crippen LogP contribution is -2.46. The second-order valence-electron chi connectivity index (χ2n) is 7.12. The highest BCUT2D eigenvalue weighted by atomic mass is 127. The molecule has 2 heterocycles. The molecule has 4 nitrogen and oxygen atoms in total. The van der Waals surface area contributed by atoms with Gasteiger partial charge >= 0.3 is 6.18 Å². The minimum absolute atomic E-state index is 0. The Morgan fingerprint density at radius 2 is 1.89 bits per heavy atom. The first-order chi connectivity index (χ1) is 12.4. The monoisotopic (exact) mass is 496 g/mol. The fourth-order valence-electron chi connectivity index (χ4n) is 3.87. The minimum Gasteiger partial charge on any atom is -0.352 e. The van der Waals surface area contributed by atoms with Crippen molar-refractivity contribution < 1.29 is 13.2 Å². The number of nitrogens with one attached hydrogen (secondary N) is 1. The third kappa shape index (κ3) is 6.51. The zero-order valence-corrected chi connectivity index (χ0v) is 17.9. The molecule has 0 aromatic heterocycles. The summed E-state index contributed by atoms with van der Waals surface area (Å²) >= 11 is 0. The van der Waals surface area contributed by atoms with Crippen molar-refractivity contribution in [2.24, 2.45) is 4.99 Å². The second-order valence-corrected chi connectivity index (χ2v) is 7.12. The lowest BCUT2D eigenvalue weighted by atomic mass is 9.99. The Balaban J connectivity index is 0.00000261. The Labute approximate surface area is 176 Å². The van der Waals surface area contributed by atoms with E-state index in [0.717, 1.165) is 31.9 Å². The molecule has 2 saturated heterocycles. The van der Waals surface area contributed by atoms with E-state index in [9.17, 15) is 13.2 Å². The molecule has 0 saturated carbocycles. The molecule has 2 aliphatic rings. The third-order valence-corrected chi connectivity index (χ3v) is 5.08. The molecule has 27 heavy (non-hydrogen) atoms. The molecule has 2 fully saturated rings. The molecule has 0 aliphatic carbocycles. The standard InChI is InChI=1S/C19H27F3N4.HI/c1-2-23-18(24-17-9-10-25(13-17)14-19(20,21)22)26-11-8-16(12-26)15-6-4-3-5-7-15;/h3-7,16-17H,2,8-14H2,1H3,(H,23,24);1H. The molecule has 152 valence electrons.